The normalized spacial score (nSPS) is 22.0. The molecular formula is C16H24ClN3O2S. The minimum absolute atomic E-state index is 0. The molecule has 2 aliphatic heterocycles. The highest BCUT2D eigenvalue weighted by Gasteiger charge is 2.37. The van der Waals surface area contributed by atoms with Gasteiger partial charge in [-0.1, -0.05) is 6.07 Å². The number of amides is 2. The Kier molecular flexibility index (Phi) is 6.44. The summed E-state index contributed by atoms with van der Waals surface area (Å²) in [5.74, 6) is 0.146. The molecule has 0 bridgehead atoms. The van der Waals surface area contributed by atoms with E-state index in [-0.39, 0.29) is 30.3 Å². The number of carbonyl (C=O) groups excluding carboxylic acids is 2. The van der Waals surface area contributed by atoms with Crippen molar-refractivity contribution in [3.63, 3.8) is 0 Å². The number of likely N-dealkylation sites (tertiary alicyclic amines) is 2. The van der Waals surface area contributed by atoms with Crippen molar-refractivity contribution in [2.24, 2.45) is 0 Å². The molecule has 2 amide bonds. The van der Waals surface area contributed by atoms with Crippen LogP contribution in [-0.4, -0.2) is 60.4 Å². The van der Waals surface area contributed by atoms with Crippen molar-refractivity contribution in [3.05, 3.63) is 22.4 Å². The summed E-state index contributed by atoms with van der Waals surface area (Å²) in [6, 6.07) is 3.97. The molecule has 1 aromatic rings. The number of nitrogens with zero attached hydrogens (tertiary/aromatic N) is 2. The number of halogens is 1. The van der Waals surface area contributed by atoms with Gasteiger partial charge >= 0.3 is 0 Å². The largest absolute Gasteiger partial charge is 0.341 e. The Labute approximate surface area is 147 Å². The Bertz CT molecular complexity index is 529. The fourth-order valence-electron chi connectivity index (χ4n) is 3.41. The summed E-state index contributed by atoms with van der Waals surface area (Å²) in [4.78, 5) is 29.8. The molecule has 1 N–H and O–H groups in total. The van der Waals surface area contributed by atoms with E-state index >= 15 is 0 Å². The minimum atomic E-state index is -0.263. The lowest BCUT2D eigenvalue weighted by atomic mass is 10.0. The summed E-state index contributed by atoms with van der Waals surface area (Å²) >= 11 is 1.45. The fourth-order valence-corrected chi connectivity index (χ4v) is 4.09. The number of hydrogen-bond donors (Lipinski definition) is 1. The first-order valence-electron chi connectivity index (χ1n) is 8.01. The van der Waals surface area contributed by atoms with Crippen LogP contribution in [0.2, 0.25) is 0 Å². The third-order valence-corrected chi connectivity index (χ3v) is 5.60. The van der Waals surface area contributed by atoms with Crippen LogP contribution in [0, 0.1) is 0 Å². The lowest BCUT2D eigenvalue weighted by molar-refractivity contribution is -0.136. The summed E-state index contributed by atoms with van der Waals surface area (Å²) in [6.07, 6.45) is 3.70. The highest BCUT2D eigenvalue weighted by molar-refractivity contribution is 7.12. The van der Waals surface area contributed by atoms with Crippen LogP contribution in [0.25, 0.3) is 0 Å². The summed E-state index contributed by atoms with van der Waals surface area (Å²) in [7, 11) is 1.97. The van der Waals surface area contributed by atoms with Gasteiger partial charge < -0.3 is 15.1 Å². The predicted molar refractivity (Wildman–Crippen MR) is 94.3 cm³/mol. The zero-order chi connectivity index (χ0) is 15.5. The summed E-state index contributed by atoms with van der Waals surface area (Å²) in [5, 5.41) is 5.18. The van der Waals surface area contributed by atoms with E-state index in [1.165, 1.54) is 11.3 Å². The van der Waals surface area contributed by atoms with E-state index in [2.05, 4.69) is 5.32 Å². The highest BCUT2D eigenvalue weighted by Crippen LogP contribution is 2.24. The monoisotopic (exact) mass is 357 g/mol. The molecule has 2 saturated heterocycles. The molecule has 1 unspecified atom stereocenters. The number of nitrogens with one attached hydrogen (secondary N) is 1. The second-order valence-corrected chi connectivity index (χ2v) is 6.97. The second kappa shape index (κ2) is 8.13. The molecule has 7 heteroatoms. The summed E-state index contributed by atoms with van der Waals surface area (Å²) < 4.78 is 0. The first-order valence-corrected chi connectivity index (χ1v) is 8.89. The summed E-state index contributed by atoms with van der Waals surface area (Å²) in [5.41, 5.74) is 0. The molecule has 3 heterocycles. The molecule has 1 aromatic heterocycles. The van der Waals surface area contributed by atoms with E-state index in [0.717, 1.165) is 43.6 Å². The van der Waals surface area contributed by atoms with Crippen LogP contribution in [0.1, 0.15) is 35.4 Å². The van der Waals surface area contributed by atoms with Gasteiger partial charge in [0.25, 0.3) is 5.91 Å². The van der Waals surface area contributed by atoms with Gasteiger partial charge in [-0.25, -0.2) is 0 Å². The quantitative estimate of drug-likeness (QED) is 0.900. The Morgan fingerprint density at radius 2 is 1.96 bits per heavy atom. The zero-order valence-electron chi connectivity index (χ0n) is 13.4. The van der Waals surface area contributed by atoms with Crippen molar-refractivity contribution in [1.82, 2.24) is 15.1 Å². The smallest absolute Gasteiger partial charge is 0.264 e. The maximum Gasteiger partial charge on any atom is 0.264 e. The van der Waals surface area contributed by atoms with Gasteiger partial charge in [-0.05, 0) is 44.2 Å². The van der Waals surface area contributed by atoms with E-state index < -0.39 is 0 Å². The molecule has 23 heavy (non-hydrogen) atoms. The lowest BCUT2D eigenvalue weighted by Gasteiger charge is -2.35. The van der Waals surface area contributed by atoms with Crippen molar-refractivity contribution in [3.8, 4) is 0 Å². The standard InChI is InChI=1S/C16H23N3O2S.ClH/c1-17-12-6-9-18(10-7-12)15(20)13-4-2-8-19(13)16(21)14-5-3-11-22-14;/h3,5,11-13,17H,2,4,6-10H2,1H3;1H. The van der Waals surface area contributed by atoms with Gasteiger partial charge in [0, 0.05) is 25.7 Å². The first-order chi connectivity index (χ1) is 10.7. The third-order valence-electron chi connectivity index (χ3n) is 4.75. The maximum atomic E-state index is 12.8. The second-order valence-electron chi connectivity index (χ2n) is 6.02. The van der Waals surface area contributed by atoms with Crippen LogP contribution in [0.5, 0.6) is 0 Å². The number of carbonyl (C=O) groups is 2. The molecule has 0 spiro atoms. The minimum Gasteiger partial charge on any atom is -0.341 e. The van der Waals surface area contributed by atoms with Crippen molar-refractivity contribution < 1.29 is 9.59 Å². The average molecular weight is 358 g/mol. The Balaban J connectivity index is 0.00000192. The Morgan fingerprint density at radius 1 is 1.22 bits per heavy atom. The molecule has 1 atom stereocenters. The van der Waals surface area contributed by atoms with E-state index in [1.807, 2.05) is 29.5 Å². The van der Waals surface area contributed by atoms with Crippen molar-refractivity contribution >= 4 is 35.6 Å². The zero-order valence-corrected chi connectivity index (χ0v) is 15.0. The van der Waals surface area contributed by atoms with Crippen LogP contribution in [0.3, 0.4) is 0 Å². The number of hydrogen-bond acceptors (Lipinski definition) is 4. The molecular weight excluding hydrogens is 334 g/mol. The number of rotatable bonds is 3. The van der Waals surface area contributed by atoms with Gasteiger partial charge in [0.1, 0.15) is 6.04 Å². The van der Waals surface area contributed by atoms with Gasteiger partial charge in [0.15, 0.2) is 0 Å². The molecule has 2 aliphatic rings. The highest BCUT2D eigenvalue weighted by atomic mass is 35.5. The van der Waals surface area contributed by atoms with E-state index in [1.54, 1.807) is 4.90 Å². The Morgan fingerprint density at radius 3 is 2.57 bits per heavy atom. The summed E-state index contributed by atoms with van der Waals surface area (Å²) in [6.45, 7) is 2.28. The lowest BCUT2D eigenvalue weighted by Crippen LogP contribution is -2.51. The topological polar surface area (TPSA) is 52.7 Å². The number of piperidine rings is 1. The van der Waals surface area contributed by atoms with Crippen LogP contribution < -0.4 is 5.32 Å². The van der Waals surface area contributed by atoms with Crippen LogP contribution in [0.15, 0.2) is 17.5 Å². The molecule has 3 rings (SSSR count). The molecule has 0 saturated carbocycles. The molecule has 128 valence electrons. The van der Waals surface area contributed by atoms with Crippen LogP contribution >= 0.6 is 23.7 Å². The molecule has 0 aliphatic carbocycles. The molecule has 0 radical (unpaired) electrons. The molecule has 0 aromatic carbocycles. The van der Waals surface area contributed by atoms with Gasteiger partial charge in [0.05, 0.1) is 4.88 Å². The van der Waals surface area contributed by atoms with Crippen LogP contribution in [-0.2, 0) is 4.79 Å². The SMILES string of the molecule is CNC1CCN(C(=O)C2CCCN2C(=O)c2cccs2)CC1.Cl. The van der Waals surface area contributed by atoms with Crippen LogP contribution in [0.4, 0.5) is 0 Å². The van der Waals surface area contributed by atoms with Crippen molar-refractivity contribution in [2.45, 2.75) is 37.8 Å². The van der Waals surface area contributed by atoms with E-state index in [0.29, 0.717) is 12.6 Å². The first kappa shape index (κ1) is 18.2. The van der Waals surface area contributed by atoms with Gasteiger partial charge in [0.2, 0.25) is 5.91 Å². The average Bonchev–Trinajstić information content (AvgIpc) is 3.25. The maximum absolute atomic E-state index is 12.8. The van der Waals surface area contributed by atoms with E-state index in [9.17, 15) is 9.59 Å². The predicted octanol–water partition coefficient (Wildman–Crippen LogP) is 1.98. The van der Waals surface area contributed by atoms with Crippen molar-refractivity contribution in [1.29, 1.82) is 0 Å². The van der Waals surface area contributed by atoms with Gasteiger partial charge in [-0.15, -0.1) is 23.7 Å². The Hall–Kier alpha value is -1.11. The molecule has 5 nitrogen and oxygen atoms in total. The molecule has 2 fully saturated rings. The number of thiophene rings is 1. The third kappa shape index (κ3) is 3.87. The van der Waals surface area contributed by atoms with E-state index in [4.69, 9.17) is 0 Å². The van der Waals surface area contributed by atoms with Gasteiger partial charge in [-0.2, -0.15) is 0 Å². The van der Waals surface area contributed by atoms with Crippen molar-refractivity contribution in [2.75, 3.05) is 26.7 Å². The fraction of sp³-hybridized carbons (Fsp3) is 0.625. The van der Waals surface area contributed by atoms with Gasteiger partial charge in [-0.3, -0.25) is 9.59 Å².